The van der Waals surface area contributed by atoms with Gasteiger partial charge in [-0.3, -0.25) is 0 Å². The number of hydrogen-bond acceptors (Lipinski definition) is 7. The van der Waals surface area contributed by atoms with Crippen LogP contribution in [-0.4, -0.2) is 37.3 Å². The Bertz CT molecular complexity index is 1270. The van der Waals surface area contributed by atoms with Crippen LogP contribution in [-0.2, 0) is 11.2 Å². The molecule has 31 heavy (non-hydrogen) atoms. The van der Waals surface area contributed by atoms with Gasteiger partial charge in [-0.15, -0.1) is 0 Å². The molecular formula is C22H21ClN6O2. The Morgan fingerprint density at radius 2 is 1.97 bits per heavy atom. The molecule has 0 atom stereocenters. The molecule has 9 heteroatoms. The summed E-state index contributed by atoms with van der Waals surface area (Å²) >= 11 is 6.15. The number of nitrogens with zero attached hydrogens (tertiary/aromatic N) is 5. The second kappa shape index (κ2) is 8.69. The summed E-state index contributed by atoms with van der Waals surface area (Å²) < 4.78 is 6.77. The Hall–Kier alpha value is -3.52. The molecule has 0 amide bonds. The number of pyridine rings is 1. The predicted molar refractivity (Wildman–Crippen MR) is 119 cm³/mol. The van der Waals surface area contributed by atoms with E-state index in [0.717, 1.165) is 16.5 Å². The van der Waals surface area contributed by atoms with Gasteiger partial charge < -0.3 is 10.1 Å². The summed E-state index contributed by atoms with van der Waals surface area (Å²) in [5.74, 6) is 1.48. The number of hydrogen-bond donors (Lipinski definition) is 1. The molecule has 158 valence electrons. The third-order valence-electron chi connectivity index (χ3n) is 4.69. The minimum absolute atomic E-state index is 0.246. The number of anilines is 2. The van der Waals surface area contributed by atoms with Gasteiger partial charge in [-0.1, -0.05) is 36.7 Å². The summed E-state index contributed by atoms with van der Waals surface area (Å²) in [5.41, 5.74) is 2.13. The molecular weight excluding hydrogens is 416 g/mol. The molecule has 0 aliphatic rings. The number of benzene rings is 1. The fourth-order valence-corrected chi connectivity index (χ4v) is 3.45. The Kier molecular flexibility index (Phi) is 5.81. The van der Waals surface area contributed by atoms with E-state index in [0.29, 0.717) is 34.9 Å². The van der Waals surface area contributed by atoms with Crippen LogP contribution in [0, 0.1) is 6.92 Å². The van der Waals surface area contributed by atoms with Gasteiger partial charge in [0.05, 0.1) is 18.3 Å². The normalized spacial score (nSPS) is 11.0. The first kappa shape index (κ1) is 20.7. The van der Waals surface area contributed by atoms with E-state index in [1.54, 1.807) is 17.7 Å². The van der Waals surface area contributed by atoms with Crippen LogP contribution in [0.1, 0.15) is 35.6 Å². The summed E-state index contributed by atoms with van der Waals surface area (Å²) in [4.78, 5) is 25.9. The number of carbonyl (C=O) groups is 1. The number of para-hydroxylation sites is 1. The largest absolute Gasteiger partial charge is 0.462 e. The van der Waals surface area contributed by atoms with Crippen molar-refractivity contribution in [3.8, 4) is 5.82 Å². The van der Waals surface area contributed by atoms with Crippen LogP contribution in [0.4, 0.5) is 11.6 Å². The molecule has 8 nitrogen and oxygen atoms in total. The lowest BCUT2D eigenvalue weighted by Crippen LogP contribution is -2.11. The molecule has 0 spiro atoms. The molecule has 3 heterocycles. The van der Waals surface area contributed by atoms with Crippen LogP contribution in [0.2, 0.25) is 5.15 Å². The van der Waals surface area contributed by atoms with Crippen molar-refractivity contribution in [3.63, 3.8) is 0 Å². The number of aromatic nitrogens is 5. The van der Waals surface area contributed by atoms with Crippen molar-refractivity contribution >= 4 is 40.1 Å². The molecule has 0 bridgehead atoms. The first-order valence-corrected chi connectivity index (χ1v) is 10.3. The molecule has 1 aromatic carbocycles. The van der Waals surface area contributed by atoms with Crippen LogP contribution in [0.25, 0.3) is 16.7 Å². The summed E-state index contributed by atoms with van der Waals surface area (Å²) in [6, 6.07) is 11.4. The molecule has 0 unspecified atom stereocenters. The number of rotatable bonds is 6. The average molecular weight is 437 g/mol. The van der Waals surface area contributed by atoms with Crippen molar-refractivity contribution in [2.24, 2.45) is 0 Å². The molecule has 0 fully saturated rings. The quantitative estimate of drug-likeness (QED) is 0.347. The van der Waals surface area contributed by atoms with Gasteiger partial charge in [0.25, 0.3) is 0 Å². The van der Waals surface area contributed by atoms with E-state index in [1.165, 1.54) is 6.20 Å². The second-order valence-electron chi connectivity index (χ2n) is 6.82. The lowest BCUT2D eigenvalue weighted by atomic mass is 10.1. The molecule has 1 N–H and O–H groups in total. The number of fused-ring (bicyclic) bond motifs is 1. The van der Waals surface area contributed by atoms with Gasteiger partial charge in [0, 0.05) is 17.9 Å². The van der Waals surface area contributed by atoms with Gasteiger partial charge in [-0.2, -0.15) is 9.78 Å². The Morgan fingerprint density at radius 1 is 1.16 bits per heavy atom. The van der Waals surface area contributed by atoms with Gasteiger partial charge in [-0.05, 0) is 31.5 Å². The molecule has 0 aliphatic carbocycles. The molecule has 3 aromatic heterocycles. The fraction of sp³-hybridized carbons (Fsp3) is 0.227. The summed E-state index contributed by atoms with van der Waals surface area (Å²) in [6.07, 6.45) is 2.07. The molecule has 0 aliphatic heterocycles. The Labute approximate surface area is 184 Å². The maximum atomic E-state index is 12.6. The van der Waals surface area contributed by atoms with E-state index < -0.39 is 5.97 Å². The minimum Gasteiger partial charge on any atom is -0.462 e. The highest BCUT2D eigenvalue weighted by molar-refractivity contribution is 6.29. The Balaban J connectivity index is 1.86. The lowest BCUT2D eigenvalue weighted by Gasteiger charge is -2.13. The average Bonchev–Trinajstić information content (AvgIpc) is 3.17. The van der Waals surface area contributed by atoms with E-state index >= 15 is 0 Å². The number of esters is 1. The zero-order chi connectivity index (χ0) is 22.0. The standard InChI is InChI=1S/C22H21ClN6O2/c1-4-18-26-17(23)11-19(27-18)28-21-15(22(30)31-5-2)12-24-29(21)20-10-13(3)14-8-6-7-9-16(14)25-20/h6-12H,4-5H2,1-3H3,(H,26,27,28). The minimum atomic E-state index is -0.496. The zero-order valence-corrected chi connectivity index (χ0v) is 18.1. The Morgan fingerprint density at radius 3 is 2.74 bits per heavy atom. The first-order valence-electron chi connectivity index (χ1n) is 9.92. The molecule has 4 aromatic rings. The third-order valence-corrected chi connectivity index (χ3v) is 4.89. The molecule has 0 saturated heterocycles. The third kappa shape index (κ3) is 4.20. The lowest BCUT2D eigenvalue weighted by molar-refractivity contribution is 0.0527. The highest BCUT2D eigenvalue weighted by Gasteiger charge is 2.22. The number of ether oxygens (including phenoxy) is 1. The van der Waals surface area contributed by atoms with E-state index in [9.17, 15) is 4.79 Å². The van der Waals surface area contributed by atoms with Crippen LogP contribution < -0.4 is 5.32 Å². The fourth-order valence-electron chi connectivity index (χ4n) is 3.25. The molecule has 0 saturated carbocycles. The number of aryl methyl sites for hydroxylation is 2. The topological polar surface area (TPSA) is 94.8 Å². The summed E-state index contributed by atoms with van der Waals surface area (Å²) in [6.45, 7) is 5.94. The number of nitrogens with one attached hydrogen (secondary N) is 1. The highest BCUT2D eigenvalue weighted by Crippen LogP contribution is 2.27. The van der Waals surface area contributed by atoms with Crippen LogP contribution in [0.5, 0.6) is 0 Å². The van der Waals surface area contributed by atoms with Crippen molar-refractivity contribution in [1.82, 2.24) is 24.7 Å². The van der Waals surface area contributed by atoms with Gasteiger partial charge in [0.2, 0.25) is 0 Å². The van der Waals surface area contributed by atoms with E-state index in [1.807, 2.05) is 44.2 Å². The number of carbonyl (C=O) groups excluding carboxylic acids is 1. The van der Waals surface area contributed by atoms with Gasteiger partial charge >= 0.3 is 5.97 Å². The van der Waals surface area contributed by atoms with Crippen LogP contribution in [0.15, 0.2) is 42.6 Å². The molecule has 0 radical (unpaired) electrons. The predicted octanol–water partition coefficient (Wildman–Crippen LogP) is 4.66. The van der Waals surface area contributed by atoms with E-state index in [4.69, 9.17) is 21.3 Å². The van der Waals surface area contributed by atoms with Crippen molar-refractivity contribution in [1.29, 1.82) is 0 Å². The second-order valence-corrected chi connectivity index (χ2v) is 7.21. The SMILES string of the molecule is CCOC(=O)c1cnn(-c2cc(C)c3ccccc3n2)c1Nc1cc(Cl)nc(CC)n1. The maximum absolute atomic E-state index is 12.6. The van der Waals surface area contributed by atoms with Gasteiger partial charge in [0.1, 0.15) is 22.4 Å². The van der Waals surface area contributed by atoms with E-state index in [-0.39, 0.29) is 12.2 Å². The monoisotopic (exact) mass is 436 g/mol. The summed E-state index contributed by atoms with van der Waals surface area (Å²) in [7, 11) is 0. The van der Waals surface area contributed by atoms with Crippen molar-refractivity contribution < 1.29 is 9.53 Å². The smallest absolute Gasteiger partial charge is 0.343 e. The van der Waals surface area contributed by atoms with Crippen molar-refractivity contribution in [2.75, 3.05) is 11.9 Å². The van der Waals surface area contributed by atoms with E-state index in [2.05, 4.69) is 20.4 Å². The van der Waals surface area contributed by atoms with Gasteiger partial charge in [0.15, 0.2) is 11.6 Å². The molecule has 4 rings (SSSR count). The van der Waals surface area contributed by atoms with Crippen LogP contribution >= 0.6 is 11.6 Å². The number of halogens is 1. The zero-order valence-electron chi connectivity index (χ0n) is 17.4. The van der Waals surface area contributed by atoms with Crippen molar-refractivity contribution in [3.05, 3.63) is 64.7 Å². The first-order chi connectivity index (χ1) is 15.0. The highest BCUT2D eigenvalue weighted by atomic mass is 35.5. The van der Waals surface area contributed by atoms with Crippen LogP contribution in [0.3, 0.4) is 0 Å². The summed E-state index contributed by atoms with van der Waals surface area (Å²) in [5, 5.41) is 8.93. The van der Waals surface area contributed by atoms with Gasteiger partial charge in [-0.25, -0.2) is 19.7 Å². The van der Waals surface area contributed by atoms with Crippen molar-refractivity contribution in [2.45, 2.75) is 27.2 Å². The maximum Gasteiger partial charge on any atom is 0.343 e.